The van der Waals surface area contributed by atoms with E-state index >= 15 is 0 Å². The van der Waals surface area contributed by atoms with Gasteiger partial charge in [0.25, 0.3) is 5.91 Å². The summed E-state index contributed by atoms with van der Waals surface area (Å²) in [4.78, 5) is 24.0. The Morgan fingerprint density at radius 1 is 1.13 bits per heavy atom. The van der Waals surface area contributed by atoms with Crippen molar-refractivity contribution in [2.45, 2.75) is 13.3 Å². The van der Waals surface area contributed by atoms with Crippen LogP contribution < -0.4 is 15.4 Å². The molecule has 0 spiro atoms. The van der Waals surface area contributed by atoms with Crippen LogP contribution >= 0.6 is 0 Å². The molecule has 0 aliphatic rings. The lowest BCUT2D eigenvalue weighted by molar-refractivity contribution is -0.115. The molecular formula is C18H20N2O3. The lowest BCUT2D eigenvalue weighted by Crippen LogP contribution is -2.19. The lowest BCUT2D eigenvalue weighted by Gasteiger charge is -2.12. The number of hydrogen-bond acceptors (Lipinski definition) is 3. The quantitative estimate of drug-likeness (QED) is 0.891. The smallest absolute Gasteiger partial charge is 0.251 e. The predicted octanol–water partition coefficient (Wildman–Crippen LogP) is 2.54. The van der Waals surface area contributed by atoms with Crippen LogP contribution in [0.1, 0.15) is 21.5 Å². The fourth-order valence-corrected chi connectivity index (χ4v) is 2.27. The van der Waals surface area contributed by atoms with E-state index in [1.165, 1.54) is 7.11 Å². The van der Waals surface area contributed by atoms with E-state index in [1.54, 1.807) is 25.2 Å². The van der Waals surface area contributed by atoms with E-state index < -0.39 is 0 Å². The molecule has 0 aromatic heterocycles. The van der Waals surface area contributed by atoms with E-state index in [1.807, 2.05) is 31.2 Å². The van der Waals surface area contributed by atoms with Crippen LogP contribution in [0.5, 0.6) is 5.75 Å². The van der Waals surface area contributed by atoms with Crippen molar-refractivity contribution < 1.29 is 14.3 Å². The Hall–Kier alpha value is -2.82. The van der Waals surface area contributed by atoms with E-state index in [9.17, 15) is 9.59 Å². The molecule has 5 heteroatoms. The summed E-state index contributed by atoms with van der Waals surface area (Å²) in [5.41, 5.74) is 2.96. The molecule has 0 heterocycles. The normalized spacial score (nSPS) is 10.0. The van der Waals surface area contributed by atoms with Crippen LogP contribution in [0.15, 0.2) is 42.5 Å². The Morgan fingerprint density at radius 3 is 2.52 bits per heavy atom. The first-order valence-corrected chi connectivity index (χ1v) is 7.29. The number of nitrogens with one attached hydrogen (secondary N) is 2. The first-order valence-electron chi connectivity index (χ1n) is 7.29. The zero-order valence-electron chi connectivity index (χ0n) is 13.5. The second-order valence-corrected chi connectivity index (χ2v) is 5.15. The van der Waals surface area contributed by atoms with Crippen LogP contribution in [0.4, 0.5) is 5.69 Å². The number of aryl methyl sites for hydroxylation is 1. The molecule has 2 aromatic carbocycles. The number of amides is 2. The minimum Gasteiger partial charge on any atom is -0.495 e. The Kier molecular flexibility index (Phi) is 5.36. The van der Waals surface area contributed by atoms with E-state index in [2.05, 4.69) is 10.6 Å². The maximum Gasteiger partial charge on any atom is 0.251 e. The van der Waals surface area contributed by atoms with Gasteiger partial charge >= 0.3 is 0 Å². The summed E-state index contributed by atoms with van der Waals surface area (Å²) in [5.74, 6) is 0.129. The highest BCUT2D eigenvalue weighted by Gasteiger charge is 2.12. The third-order valence-corrected chi connectivity index (χ3v) is 3.58. The van der Waals surface area contributed by atoms with Gasteiger partial charge in [0.05, 0.1) is 19.2 Å². The average Bonchev–Trinajstić information content (AvgIpc) is 2.56. The maximum absolute atomic E-state index is 12.3. The summed E-state index contributed by atoms with van der Waals surface area (Å²) in [5, 5.41) is 5.37. The Bertz CT molecular complexity index is 726. The van der Waals surface area contributed by atoms with Gasteiger partial charge in [-0.05, 0) is 36.2 Å². The van der Waals surface area contributed by atoms with Gasteiger partial charge in [0.2, 0.25) is 5.91 Å². The molecule has 2 amide bonds. The van der Waals surface area contributed by atoms with Gasteiger partial charge in [-0.3, -0.25) is 9.59 Å². The number of benzene rings is 2. The molecule has 0 saturated heterocycles. The second-order valence-electron chi connectivity index (χ2n) is 5.15. The molecule has 5 nitrogen and oxygen atoms in total. The van der Waals surface area contributed by atoms with Gasteiger partial charge in [0, 0.05) is 12.6 Å². The van der Waals surface area contributed by atoms with Crippen LogP contribution in [0.3, 0.4) is 0 Å². The van der Waals surface area contributed by atoms with Crippen molar-refractivity contribution in [3.05, 3.63) is 59.2 Å². The topological polar surface area (TPSA) is 67.4 Å². The predicted molar refractivity (Wildman–Crippen MR) is 89.9 cm³/mol. The Labute approximate surface area is 135 Å². The molecule has 0 bridgehead atoms. The molecule has 2 rings (SSSR count). The van der Waals surface area contributed by atoms with Crippen molar-refractivity contribution in [1.29, 1.82) is 0 Å². The van der Waals surface area contributed by atoms with E-state index in [0.29, 0.717) is 17.0 Å². The first kappa shape index (κ1) is 16.5. The van der Waals surface area contributed by atoms with Crippen molar-refractivity contribution in [3.63, 3.8) is 0 Å². The number of rotatable bonds is 5. The van der Waals surface area contributed by atoms with Crippen molar-refractivity contribution in [2.24, 2.45) is 0 Å². The van der Waals surface area contributed by atoms with Crippen molar-refractivity contribution in [1.82, 2.24) is 5.32 Å². The first-order chi connectivity index (χ1) is 11.0. The highest BCUT2D eigenvalue weighted by atomic mass is 16.5. The van der Waals surface area contributed by atoms with Crippen LogP contribution in [-0.4, -0.2) is 26.0 Å². The summed E-state index contributed by atoms with van der Waals surface area (Å²) in [6, 6.07) is 12.6. The minimum atomic E-state index is -0.220. The molecule has 0 radical (unpaired) electrons. The van der Waals surface area contributed by atoms with Gasteiger partial charge < -0.3 is 15.4 Å². The van der Waals surface area contributed by atoms with Gasteiger partial charge in [0.15, 0.2) is 0 Å². The third kappa shape index (κ3) is 4.10. The average molecular weight is 312 g/mol. The number of hydrogen-bond donors (Lipinski definition) is 2. The maximum atomic E-state index is 12.3. The zero-order chi connectivity index (χ0) is 16.8. The zero-order valence-corrected chi connectivity index (χ0v) is 13.5. The Morgan fingerprint density at radius 2 is 1.87 bits per heavy atom. The third-order valence-electron chi connectivity index (χ3n) is 3.58. The van der Waals surface area contributed by atoms with Gasteiger partial charge in [-0.25, -0.2) is 0 Å². The van der Waals surface area contributed by atoms with Crippen LogP contribution in [0.2, 0.25) is 0 Å². The summed E-state index contributed by atoms with van der Waals surface area (Å²) in [6.07, 6.45) is 0.264. The molecule has 0 aliphatic carbocycles. The van der Waals surface area contributed by atoms with Crippen LogP contribution in [-0.2, 0) is 11.2 Å². The van der Waals surface area contributed by atoms with Crippen LogP contribution in [0, 0.1) is 6.92 Å². The molecule has 0 atom stereocenters. The fraction of sp³-hybridized carbons (Fsp3) is 0.222. The number of ether oxygens (including phenoxy) is 1. The number of carbonyl (C=O) groups excluding carboxylic acids is 2. The molecule has 0 saturated carbocycles. The summed E-state index contributed by atoms with van der Waals surface area (Å²) < 4.78 is 5.24. The van der Waals surface area contributed by atoms with Gasteiger partial charge in [0.1, 0.15) is 5.75 Å². The SMILES string of the molecule is CNC(=O)c1ccc(OC)c(NC(=O)Cc2ccccc2C)c1. The minimum absolute atomic E-state index is 0.161. The van der Waals surface area contributed by atoms with E-state index in [4.69, 9.17) is 4.74 Å². The largest absolute Gasteiger partial charge is 0.495 e. The molecule has 2 N–H and O–H groups in total. The fourth-order valence-electron chi connectivity index (χ4n) is 2.27. The molecule has 23 heavy (non-hydrogen) atoms. The van der Waals surface area contributed by atoms with Gasteiger partial charge in [-0.15, -0.1) is 0 Å². The summed E-state index contributed by atoms with van der Waals surface area (Å²) >= 11 is 0. The van der Waals surface area contributed by atoms with E-state index in [0.717, 1.165) is 11.1 Å². The second kappa shape index (κ2) is 7.45. The highest BCUT2D eigenvalue weighted by molar-refractivity contribution is 5.98. The summed E-state index contributed by atoms with van der Waals surface area (Å²) in [6.45, 7) is 1.97. The number of anilines is 1. The van der Waals surface area contributed by atoms with Gasteiger partial charge in [-0.2, -0.15) is 0 Å². The number of carbonyl (C=O) groups is 2. The van der Waals surface area contributed by atoms with Crippen molar-refractivity contribution in [3.8, 4) is 5.75 Å². The monoisotopic (exact) mass is 312 g/mol. The summed E-state index contributed by atoms with van der Waals surface area (Å²) in [7, 11) is 3.08. The molecular weight excluding hydrogens is 292 g/mol. The Balaban J connectivity index is 2.19. The number of methoxy groups -OCH3 is 1. The molecule has 0 aliphatic heterocycles. The molecule has 0 unspecified atom stereocenters. The molecule has 0 fully saturated rings. The van der Waals surface area contributed by atoms with Gasteiger partial charge in [-0.1, -0.05) is 24.3 Å². The van der Waals surface area contributed by atoms with Crippen LogP contribution in [0.25, 0.3) is 0 Å². The highest BCUT2D eigenvalue weighted by Crippen LogP contribution is 2.25. The van der Waals surface area contributed by atoms with Crippen molar-refractivity contribution in [2.75, 3.05) is 19.5 Å². The molecule has 120 valence electrons. The van der Waals surface area contributed by atoms with E-state index in [-0.39, 0.29) is 18.2 Å². The standard InChI is InChI=1S/C18H20N2O3/c1-12-6-4-5-7-13(12)11-17(21)20-15-10-14(18(22)19-2)8-9-16(15)23-3/h4-10H,11H2,1-3H3,(H,19,22)(H,20,21). The lowest BCUT2D eigenvalue weighted by atomic mass is 10.1. The van der Waals surface area contributed by atoms with Crippen molar-refractivity contribution >= 4 is 17.5 Å². The molecule has 2 aromatic rings.